The molecule has 4 heterocycles. The lowest BCUT2D eigenvalue weighted by Crippen LogP contribution is -2.34. The number of benzene rings is 1. The zero-order valence-corrected chi connectivity index (χ0v) is 21.1. The van der Waals surface area contributed by atoms with Crippen LogP contribution < -0.4 is 5.69 Å². The van der Waals surface area contributed by atoms with Crippen LogP contribution in [0.2, 0.25) is 0 Å². The van der Waals surface area contributed by atoms with E-state index in [0.717, 1.165) is 40.2 Å². The number of aromatic nitrogens is 4. The number of fused-ring (bicyclic) bond motifs is 2. The van der Waals surface area contributed by atoms with Gasteiger partial charge in [0.1, 0.15) is 0 Å². The van der Waals surface area contributed by atoms with E-state index in [2.05, 4.69) is 4.98 Å². The van der Waals surface area contributed by atoms with Crippen LogP contribution >= 0.6 is 0 Å². The molecular formula is C26H30N4O4S. The molecule has 35 heavy (non-hydrogen) atoms. The van der Waals surface area contributed by atoms with E-state index in [-0.39, 0.29) is 18.3 Å². The van der Waals surface area contributed by atoms with Crippen LogP contribution in [-0.4, -0.2) is 51.7 Å². The molecule has 3 aromatic heterocycles. The van der Waals surface area contributed by atoms with Crippen LogP contribution in [0.3, 0.4) is 0 Å². The van der Waals surface area contributed by atoms with E-state index in [1.54, 1.807) is 37.0 Å². The predicted molar refractivity (Wildman–Crippen MR) is 137 cm³/mol. The second kappa shape index (κ2) is 8.87. The van der Waals surface area contributed by atoms with Gasteiger partial charge in [-0.15, -0.1) is 0 Å². The van der Waals surface area contributed by atoms with E-state index in [0.29, 0.717) is 25.3 Å². The van der Waals surface area contributed by atoms with Gasteiger partial charge in [-0.3, -0.25) is 19.1 Å². The fourth-order valence-electron chi connectivity index (χ4n) is 4.88. The Morgan fingerprint density at radius 2 is 1.83 bits per heavy atom. The minimum absolute atomic E-state index is 0.0654. The van der Waals surface area contributed by atoms with Gasteiger partial charge in [0.25, 0.3) is 0 Å². The van der Waals surface area contributed by atoms with Crippen LogP contribution in [0.4, 0.5) is 0 Å². The van der Waals surface area contributed by atoms with Crippen LogP contribution in [0, 0.1) is 0 Å². The van der Waals surface area contributed by atoms with E-state index in [9.17, 15) is 13.2 Å². The molecule has 1 aliphatic rings. The number of imidazole rings is 1. The normalized spacial score (nSPS) is 15.7. The molecule has 0 atom stereocenters. The third kappa shape index (κ3) is 4.27. The molecule has 1 aromatic carbocycles. The van der Waals surface area contributed by atoms with Gasteiger partial charge in [0, 0.05) is 43.3 Å². The van der Waals surface area contributed by atoms with Crippen molar-refractivity contribution in [1.82, 2.24) is 19.1 Å². The highest BCUT2D eigenvalue weighted by Crippen LogP contribution is 2.30. The molecule has 0 aliphatic carbocycles. The summed E-state index contributed by atoms with van der Waals surface area (Å²) >= 11 is 0. The smallest absolute Gasteiger partial charge is 0.329 e. The Bertz CT molecular complexity index is 1560. The molecule has 0 N–H and O–H groups in total. The molecule has 1 aliphatic heterocycles. The number of nitrogens with zero attached hydrogens (tertiary/aromatic N) is 4. The molecule has 0 amide bonds. The summed E-state index contributed by atoms with van der Waals surface area (Å²) < 4.78 is 33.2. The Labute approximate surface area is 204 Å². The molecular weight excluding hydrogens is 464 g/mol. The summed E-state index contributed by atoms with van der Waals surface area (Å²) in [5, 5.41) is 1.89. The molecule has 184 valence electrons. The standard InChI is InChI=1S/C26H30N4O4S/c1-26(2,35(3,32)33)14-21-20-7-5-4-6-18(20)15-28-22(21)17-29-24-16-27-11-8-23(24)30(25(29)31)19-9-12-34-13-10-19/h4-8,11,15-16,19H,9-10,12-14,17H2,1-3H3. The van der Waals surface area contributed by atoms with Crippen LogP contribution in [0.25, 0.3) is 21.8 Å². The van der Waals surface area contributed by atoms with Gasteiger partial charge in [-0.1, -0.05) is 24.3 Å². The summed E-state index contributed by atoms with van der Waals surface area (Å²) in [4.78, 5) is 22.8. The number of pyridine rings is 2. The minimum Gasteiger partial charge on any atom is -0.381 e. The monoisotopic (exact) mass is 494 g/mol. The second-order valence-corrected chi connectivity index (χ2v) is 12.6. The van der Waals surface area contributed by atoms with E-state index in [1.807, 2.05) is 34.9 Å². The van der Waals surface area contributed by atoms with Crippen molar-refractivity contribution < 1.29 is 13.2 Å². The summed E-state index contributed by atoms with van der Waals surface area (Å²) in [6.45, 7) is 4.97. The van der Waals surface area contributed by atoms with Crippen LogP contribution in [-0.2, 0) is 27.5 Å². The highest BCUT2D eigenvalue weighted by Gasteiger charge is 2.32. The Kier molecular flexibility index (Phi) is 6.01. The van der Waals surface area contributed by atoms with Crippen molar-refractivity contribution in [3.63, 3.8) is 0 Å². The van der Waals surface area contributed by atoms with Gasteiger partial charge < -0.3 is 4.74 Å². The maximum atomic E-state index is 13.7. The summed E-state index contributed by atoms with van der Waals surface area (Å²) in [6.07, 6.45) is 8.34. The highest BCUT2D eigenvalue weighted by molar-refractivity contribution is 7.92. The first-order valence-corrected chi connectivity index (χ1v) is 13.7. The zero-order chi connectivity index (χ0) is 24.8. The molecule has 4 aromatic rings. The Morgan fingerprint density at radius 1 is 1.09 bits per heavy atom. The van der Waals surface area contributed by atoms with E-state index in [1.165, 1.54) is 6.26 Å². The van der Waals surface area contributed by atoms with Gasteiger partial charge in [-0.2, -0.15) is 0 Å². The summed E-state index contributed by atoms with van der Waals surface area (Å²) in [5.74, 6) is 0. The largest absolute Gasteiger partial charge is 0.381 e. The zero-order valence-electron chi connectivity index (χ0n) is 20.3. The molecule has 1 fully saturated rings. The number of ether oxygens (including phenoxy) is 1. The first-order chi connectivity index (χ1) is 16.7. The molecule has 5 rings (SSSR count). The first-order valence-electron chi connectivity index (χ1n) is 11.8. The second-order valence-electron chi connectivity index (χ2n) is 9.93. The average Bonchev–Trinajstić information content (AvgIpc) is 3.11. The van der Waals surface area contributed by atoms with Gasteiger partial charge in [0.05, 0.1) is 34.2 Å². The van der Waals surface area contributed by atoms with Crippen molar-refractivity contribution in [1.29, 1.82) is 0 Å². The number of hydrogen-bond donors (Lipinski definition) is 0. The molecule has 1 saturated heterocycles. The fraction of sp³-hybridized carbons (Fsp3) is 0.423. The molecule has 0 radical (unpaired) electrons. The van der Waals surface area contributed by atoms with Gasteiger partial charge >= 0.3 is 5.69 Å². The summed E-state index contributed by atoms with van der Waals surface area (Å²) in [7, 11) is -3.33. The highest BCUT2D eigenvalue weighted by atomic mass is 32.2. The Hall–Kier alpha value is -3.04. The Balaban J connectivity index is 1.67. The van der Waals surface area contributed by atoms with Gasteiger partial charge in [-0.05, 0) is 50.1 Å². The van der Waals surface area contributed by atoms with Crippen molar-refractivity contribution in [2.45, 2.75) is 50.4 Å². The average molecular weight is 495 g/mol. The van der Waals surface area contributed by atoms with Crippen LogP contribution in [0.5, 0.6) is 0 Å². The summed E-state index contributed by atoms with van der Waals surface area (Å²) in [6, 6.07) is 9.78. The molecule has 9 heteroatoms. The maximum absolute atomic E-state index is 13.7. The van der Waals surface area contributed by atoms with E-state index in [4.69, 9.17) is 9.72 Å². The van der Waals surface area contributed by atoms with Crippen molar-refractivity contribution in [3.8, 4) is 0 Å². The topological polar surface area (TPSA) is 96.1 Å². The van der Waals surface area contributed by atoms with Gasteiger partial charge in [-0.25, -0.2) is 13.2 Å². The van der Waals surface area contributed by atoms with Crippen LogP contribution in [0.15, 0.2) is 53.7 Å². The van der Waals surface area contributed by atoms with Crippen LogP contribution in [0.1, 0.15) is 44.0 Å². The number of hydrogen-bond acceptors (Lipinski definition) is 6. The fourth-order valence-corrected chi connectivity index (χ4v) is 5.29. The molecule has 0 bridgehead atoms. The predicted octanol–water partition coefficient (Wildman–Crippen LogP) is 3.51. The quantitative estimate of drug-likeness (QED) is 0.407. The van der Waals surface area contributed by atoms with E-state index < -0.39 is 14.6 Å². The molecule has 0 unspecified atom stereocenters. The van der Waals surface area contributed by atoms with Crippen molar-refractivity contribution in [2.24, 2.45) is 0 Å². The minimum atomic E-state index is -3.33. The Morgan fingerprint density at radius 3 is 2.57 bits per heavy atom. The van der Waals surface area contributed by atoms with Gasteiger partial charge in [0.15, 0.2) is 9.84 Å². The van der Waals surface area contributed by atoms with Crippen molar-refractivity contribution in [2.75, 3.05) is 19.5 Å². The first kappa shape index (κ1) is 23.7. The van der Waals surface area contributed by atoms with Gasteiger partial charge in [0.2, 0.25) is 0 Å². The lowest BCUT2D eigenvalue weighted by molar-refractivity contribution is 0.0696. The number of rotatable bonds is 6. The molecule has 0 saturated carbocycles. The third-order valence-corrected chi connectivity index (χ3v) is 9.38. The molecule has 0 spiro atoms. The molecule has 8 nitrogen and oxygen atoms in total. The third-order valence-electron chi connectivity index (χ3n) is 7.23. The lowest BCUT2D eigenvalue weighted by atomic mass is 9.95. The van der Waals surface area contributed by atoms with Crippen molar-refractivity contribution >= 4 is 31.6 Å². The van der Waals surface area contributed by atoms with Crippen molar-refractivity contribution in [3.05, 3.63) is 70.7 Å². The SMILES string of the molecule is CC(C)(Cc1c(Cn2c(=O)n(C3CCOCC3)c3ccncc32)ncc2ccccc12)S(C)(=O)=O. The number of sulfone groups is 1. The maximum Gasteiger partial charge on any atom is 0.329 e. The summed E-state index contributed by atoms with van der Waals surface area (Å²) in [5.41, 5.74) is 3.02. The van der Waals surface area contributed by atoms with E-state index >= 15 is 0 Å². The lowest BCUT2D eigenvalue weighted by Gasteiger charge is -2.25.